The summed E-state index contributed by atoms with van der Waals surface area (Å²) >= 11 is 0. The van der Waals surface area contributed by atoms with Crippen LogP contribution >= 0.6 is 0 Å². The van der Waals surface area contributed by atoms with Crippen molar-refractivity contribution in [1.29, 1.82) is 0 Å². The Bertz CT molecular complexity index is 944. The topological polar surface area (TPSA) is 125 Å². The summed E-state index contributed by atoms with van der Waals surface area (Å²) in [5, 5.41) is 12.4. The molecule has 1 fully saturated rings. The molecular weight excluding hydrogens is 502 g/mol. The number of carbonyl (C=O) groups excluding carboxylic acids is 3. The van der Waals surface area contributed by atoms with E-state index in [0.717, 1.165) is 24.8 Å². The second kappa shape index (κ2) is 15.6. The number of ether oxygens (including phenoxy) is 2. The van der Waals surface area contributed by atoms with E-state index in [-0.39, 0.29) is 36.8 Å². The molecule has 0 aliphatic carbocycles. The van der Waals surface area contributed by atoms with Gasteiger partial charge in [-0.3, -0.25) is 14.4 Å². The van der Waals surface area contributed by atoms with E-state index in [0.29, 0.717) is 13.0 Å². The molecule has 1 aliphatic rings. The summed E-state index contributed by atoms with van der Waals surface area (Å²) in [6.45, 7) is 6.29. The van der Waals surface area contributed by atoms with Gasteiger partial charge in [0.2, 0.25) is 18.2 Å². The second-order valence-corrected chi connectivity index (χ2v) is 10.5. The van der Waals surface area contributed by atoms with Gasteiger partial charge < -0.3 is 29.7 Å². The van der Waals surface area contributed by atoms with Gasteiger partial charge in [0.25, 0.3) is 0 Å². The molecule has 0 saturated carbocycles. The van der Waals surface area contributed by atoms with E-state index in [9.17, 15) is 24.3 Å². The maximum atomic E-state index is 13.5. The van der Waals surface area contributed by atoms with Crippen LogP contribution in [-0.4, -0.2) is 97.2 Å². The van der Waals surface area contributed by atoms with E-state index in [2.05, 4.69) is 5.32 Å². The number of amides is 3. The van der Waals surface area contributed by atoms with Crippen molar-refractivity contribution in [3.05, 3.63) is 35.9 Å². The molecule has 0 unspecified atom stereocenters. The highest BCUT2D eigenvalue weighted by Gasteiger charge is 2.42. The van der Waals surface area contributed by atoms with Gasteiger partial charge in [0.15, 0.2) is 0 Å². The fourth-order valence-corrected chi connectivity index (χ4v) is 5.62. The fraction of sp³-hybridized carbons (Fsp3) is 0.655. The molecule has 218 valence electrons. The third-order valence-corrected chi connectivity index (χ3v) is 8.00. The minimum absolute atomic E-state index is 0.0926. The molecule has 2 rings (SSSR count). The van der Waals surface area contributed by atoms with Crippen molar-refractivity contribution < 1.29 is 33.8 Å². The zero-order chi connectivity index (χ0) is 29.1. The Hall–Kier alpha value is -2.98. The molecule has 10 nitrogen and oxygen atoms in total. The van der Waals surface area contributed by atoms with Gasteiger partial charge >= 0.3 is 5.97 Å². The standard InChI is InChI=1S/C29H45N3O7/c1-7-19(2)26(31(4)18-33)24(38-5)17-25(34)32-15-11-14-23(32)27(39-6)20(3)28(35)30-22(29(36)37)16-21-12-9-8-10-13-21/h8-10,12-13,18-20,22-24,26-27H,7,11,14-17H2,1-6H3,(H,30,35)(H,36,37)/t19-,20+,22-,23-,24+,26-,27+/m0/s1. The molecule has 1 aromatic carbocycles. The first kappa shape index (κ1) is 32.2. The number of likely N-dealkylation sites (tertiary alicyclic amines) is 1. The first-order valence-corrected chi connectivity index (χ1v) is 13.7. The van der Waals surface area contributed by atoms with E-state index in [1.165, 1.54) is 7.11 Å². The van der Waals surface area contributed by atoms with Crippen LogP contribution in [0, 0.1) is 11.8 Å². The Morgan fingerprint density at radius 2 is 1.85 bits per heavy atom. The molecule has 0 spiro atoms. The lowest BCUT2D eigenvalue weighted by molar-refractivity contribution is -0.146. The summed E-state index contributed by atoms with van der Waals surface area (Å²) in [5.41, 5.74) is 0.803. The van der Waals surface area contributed by atoms with E-state index in [1.807, 2.05) is 44.2 Å². The van der Waals surface area contributed by atoms with Gasteiger partial charge in [-0.05, 0) is 24.3 Å². The molecule has 1 aliphatic heterocycles. The zero-order valence-corrected chi connectivity index (χ0v) is 24.0. The van der Waals surface area contributed by atoms with Gasteiger partial charge in [-0.2, -0.15) is 0 Å². The molecule has 1 heterocycles. The highest BCUT2D eigenvalue weighted by Crippen LogP contribution is 2.29. The minimum Gasteiger partial charge on any atom is -0.480 e. The number of methoxy groups -OCH3 is 2. The number of nitrogens with one attached hydrogen (secondary N) is 1. The number of likely N-dealkylation sites (N-methyl/N-ethyl adjacent to an activating group) is 1. The lowest BCUT2D eigenvalue weighted by Crippen LogP contribution is -2.53. The van der Waals surface area contributed by atoms with Gasteiger partial charge in [0, 0.05) is 34.2 Å². The first-order valence-electron chi connectivity index (χ1n) is 13.7. The van der Waals surface area contributed by atoms with E-state index < -0.39 is 36.0 Å². The minimum atomic E-state index is -1.12. The number of benzene rings is 1. The molecule has 1 aromatic rings. The number of carboxylic acids is 1. The number of rotatable bonds is 16. The van der Waals surface area contributed by atoms with Gasteiger partial charge in [-0.25, -0.2) is 4.79 Å². The van der Waals surface area contributed by atoms with Crippen molar-refractivity contribution in [2.45, 2.75) is 83.2 Å². The lowest BCUT2D eigenvalue weighted by Gasteiger charge is -2.38. The summed E-state index contributed by atoms with van der Waals surface area (Å²) in [7, 11) is 4.75. The smallest absolute Gasteiger partial charge is 0.326 e. The van der Waals surface area contributed by atoms with Crippen LogP contribution in [0.25, 0.3) is 0 Å². The van der Waals surface area contributed by atoms with Crippen LogP contribution in [-0.2, 0) is 35.1 Å². The Labute approximate surface area is 232 Å². The summed E-state index contributed by atoms with van der Waals surface area (Å²) in [5.74, 6) is -2.25. The maximum Gasteiger partial charge on any atom is 0.326 e. The zero-order valence-electron chi connectivity index (χ0n) is 24.0. The third kappa shape index (κ3) is 8.50. The maximum absolute atomic E-state index is 13.5. The Morgan fingerprint density at radius 1 is 1.18 bits per heavy atom. The molecule has 0 bridgehead atoms. The van der Waals surface area contributed by atoms with Crippen LogP contribution in [0.15, 0.2) is 30.3 Å². The van der Waals surface area contributed by atoms with Crippen molar-refractivity contribution in [2.75, 3.05) is 27.8 Å². The molecule has 39 heavy (non-hydrogen) atoms. The second-order valence-electron chi connectivity index (χ2n) is 10.5. The van der Waals surface area contributed by atoms with Crippen LogP contribution in [0.2, 0.25) is 0 Å². The SMILES string of the molecule is CC[C@H](C)[C@@H]([C@@H](CC(=O)N1CCC[C@H]1[C@H](OC)[C@@H](C)C(=O)N[C@@H](Cc1ccccc1)C(=O)O)OC)N(C)C=O. The van der Waals surface area contributed by atoms with E-state index in [4.69, 9.17) is 9.47 Å². The fourth-order valence-electron chi connectivity index (χ4n) is 5.62. The van der Waals surface area contributed by atoms with Crippen molar-refractivity contribution >= 4 is 24.2 Å². The highest BCUT2D eigenvalue weighted by molar-refractivity contribution is 5.85. The molecule has 0 radical (unpaired) electrons. The number of hydrogen-bond acceptors (Lipinski definition) is 6. The molecule has 1 saturated heterocycles. The summed E-state index contributed by atoms with van der Waals surface area (Å²) in [6, 6.07) is 7.43. The Balaban J connectivity index is 2.14. The first-order chi connectivity index (χ1) is 18.6. The largest absolute Gasteiger partial charge is 0.480 e. The van der Waals surface area contributed by atoms with Crippen molar-refractivity contribution in [1.82, 2.24) is 15.1 Å². The molecular formula is C29H45N3O7. The number of hydrogen-bond donors (Lipinski definition) is 2. The van der Waals surface area contributed by atoms with Crippen LogP contribution < -0.4 is 5.32 Å². The molecule has 10 heteroatoms. The highest BCUT2D eigenvalue weighted by atomic mass is 16.5. The summed E-state index contributed by atoms with van der Waals surface area (Å²) in [6.07, 6.45) is 2.15. The summed E-state index contributed by atoms with van der Waals surface area (Å²) < 4.78 is 11.5. The normalized spacial score (nSPS) is 19.8. The Morgan fingerprint density at radius 3 is 2.38 bits per heavy atom. The quantitative estimate of drug-likeness (QED) is 0.304. The summed E-state index contributed by atoms with van der Waals surface area (Å²) in [4.78, 5) is 53.5. The van der Waals surface area contributed by atoms with Crippen molar-refractivity contribution in [3.8, 4) is 0 Å². The van der Waals surface area contributed by atoms with E-state index in [1.54, 1.807) is 30.9 Å². The predicted octanol–water partition coefficient (Wildman–Crippen LogP) is 2.35. The third-order valence-electron chi connectivity index (χ3n) is 8.00. The average Bonchev–Trinajstić information content (AvgIpc) is 3.42. The van der Waals surface area contributed by atoms with Gasteiger partial charge in [0.05, 0.1) is 36.6 Å². The number of carboxylic acid groups (broad SMARTS) is 1. The van der Waals surface area contributed by atoms with Gasteiger partial charge in [0.1, 0.15) is 6.04 Å². The van der Waals surface area contributed by atoms with Gasteiger partial charge in [-0.1, -0.05) is 57.5 Å². The van der Waals surface area contributed by atoms with Crippen molar-refractivity contribution in [2.24, 2.45) is 11.8 Å². The van der Waals surface area contributed by atoms with E-state index >= 15 is 0 Å². The van der Waals surface area contributed by atoms with Crippen LogP contribution in [0.4, 0.5) is 0 Å². The van der Waals surface area contributed by atoms with Crippen LogP contribution in [0.5, 0.6) is 0 Å². The van der Waals surface area contributed by atoms with Crippen LogP contribution in [0.3, 0.4) is 0 Å². The molecule has 3 amide bonds. The molecule has 2 N–H and O–H groups in total. The number of carbonyl (C=O) groups is 4. The average molecular weight is 548 g/mol. The van der Waals surface area contributed by atoms with Crippen LogP contribution in [0.1, 0.15) is 52.0 Å². The number of nitrogens with zero attached hydrogens (tertiary/aromatic N) is 2. The lowest BCUT2D eigenvalue weighted by atomic mass is 9.90. The van der Waals surface area contributed by atoms with Crippen molar-refractivity contribution in [3.63, 3.8) is 0 Å². The molecule has 7 atom stereocenters. The van der Waals surface area contributed by atoms with Gasteiger partial charge in [-0.15, -0.1) is 0 Å². The number of aliphatic carboxylic acids is 1. The predicted molar refractivity (Wildman–Crippen MR) is 147 cm³/mol. The molecule has 0 aromatic heterocycles. The Kier molecular flexibility index (Phi) is 12.9. The monoisotopic (exact) mass is 547 g/mol.